The molecule has 5 rings (SSSR count). The van der Waals surface area contributed by atoms with Crippen LogP contribution in [0.3, 0.4) is 0 Å². The number of pyridine rings is 2. The summed E-state index contributed by atoms with van der Waals surface area (Å²) in [6.07, 6.45) is 9.18. The van der Waals surface area contributed by atoms with Crippen molar-refractivity contribution in [3.63, 3.8) is 0 Å². The molecule has 7 nitrogen and oxygen atoms in total. The SMILES string of the molecule is CCn1c(=O)c(-c2c(Cl)c(OC)cc(OC)c2Cl)cc2cnc(-c3cnn(C4CCC4)c3)cc21. The van der Waals surface area contributed by atoms with Crippen molar-refractivity contribution in [3.05, 3.63) is 57.2 Å². The van der Waals surface area contributed by atoms with Gasteiger partial charge in [-0.05, 0) is 38.3 Å². The number of hydrogen-bond acceptors (Lipinski definition) is 5. The number of nitrogens with zero attached hydrogens (tertiary/aromatic N) is 4. The topological polar surface area (TPSA) is 71.2 Å². The van der Waals surface area contributed by atoms with Gasteiger partial charge in [0.25, 0.3) is 5.56 Å². The number of aromatic nitrogens is 4. The van der Waals surface area contributed by atoms with Crippen molar-refractivity contribution < 1.29 is 9.47 Å². The maximum atomic E-state index is 13.6. The van der Waals surface area contributed by atoms with Crippen LogP contribution in [-0.2, 0) is 6.54 Å². The molecule has 0 unspecified atom stereocenters. The van der Waals surface area contributed by atoms with E-state index in [0.29, 0.717) is 35.2 Å². The Hall–Kier alpha value is -3.03. The Kier molecular flexibility index (Phi) is 6.00. The zero-order valence-corrected chi connectivity index (χ0v) is 20.7. The van der Waals surface area contributed by atoms with Crippen LogP contribution in [0, 0.1) is 0 Å². The highest BCUT2D eigenvalue weighted by atomic mass is 35.5. The summed E-state index contributed by atoms with van der Waals surface area (Å²) in [6.45, 7) is 2.39. The molecule has 0 amide bonds. The summed E-state index contributed by atoms with van der Waals surface area (Å²) in [7, 11) is 3.00. The highest BCUT2D eigenvalue weighted by Gasteiger charge is 2.23. The summed E-state index contributed by atoms with van der Waals surface area (Å²) >= 11 is 13.2. The predicted octanol–water partition coefficient (Wildman–Crippen LogP) is 6.00. The molecule has 0 saturated heterocycles. The molecule has 3 heterocycles. The maximum absolute atomic E-state index is 13.6. The average Bonchev–Trinajstić information content (AvgIpc) is 3.27. The average molecular weight is 499 g/mol. The Balaban J connectivity index is 1.68. The largest absolute Gasteiger partial charge is 0.495 e. The standard InChI is InChI=1S/C25H24Cl2N4O3/c1-4-30-19-9-18(15-12-29-31(13-15)16-6-5-7-16)28-11-14(19)8-17(25(30)32)22-23(26)20(33-2)10-21(34-3)24(22)27/h8-13,16H,4-7H2,1-3H3. The number of rotatable bonds is 6. The highest BCUT2D eigenvalue weighted by molar-refractivity contribution is 6.41. The van der Waals surface area contributed by atoms with E-state index >= 15 is 0 Å². The van der Waals surface area contributed by atoms with Gasteiger partial charge in [-0.3, -0.25) is 14.5 Å². The van der Waals surface area contributed by atoms with Gasteiger partial charge in [0, 0.05) is 41.5 Å². The van der Waals surface area contributed by atoms with E-state index in [0.717, 1.165) is 35.0 Å². The monoisotopic (exact) mass is 498 g/mol. The van der Waals surface area contributed by atoms with Gasteiger partial charge in [-0.15, -0.1) is 0 Å². The fourth-order valence-electron chi connectivity index (χ4n) is 4.37. The van der Waals surface area contributed by atoms with Crippen molar-refractivity contribution in [2.75, 3.05) is 14.2 Å². The lowest BCUT2D eigenvalue weighted by Gasteiger charge is -2.25. The third-order valence-electron chi connectivity index (χ3n) is 6.48. The molecule has 0 bridgehead atoms. The highest BCUT2D eigenvalue weighted by Crippen LogP contribution is 2.45. The molecule has 1 fully saturated rings. The van der Waals surface area contributed by atoms with Crippen molar-refractivity contribution in [2.45, 2.75) is 38.8 Å². The number of hydrogen-bond donors (Lipinski definition) is 0. The summed E-state index contributed by atoms with van der Waals surface area (Å²) in [4.78, 5) is 18.3. The molecule has 0 aliphatic heterocycles. The quantitative estimate of drug-likeness (QED) is 0.326. The molecule has 34 heavy (non-hydrogen) atoms. The van der Waals surface area contributed by atoms with Gasteiger partial charge in [0.05, 0.1) is 53.3 Å². The number of aryl methyl sites for hydroxylation is 1. The van der Waals surface area contributed by atoms with E-state index in [2.05, 4.69) is 10.1 Å². The molecule has 0 N–H and O–H groups in total. The smallest absolute Gasteiger partial charge is 0.259 e. The second kappa shape index (κ2) is 8.96. The van der Waals surface area contributed by atoms with Crippen molar-refractivity contribution >= 4 is 34.1 Å². The van der Waals surface area contributed by atoms with Crippen LogP contribution in [0.5, 0.6) is 11.5 Å². The number of fused-ring (bicyclic) bond motifs is 1. The normalized spacial score (nSPS) is 13.8. The van der Waals surface area contributed by atoms with Crippen LogP contribution in [0.2, 0.25) is 10.0 Å². The van der Waals surface area contributed by atoms with Gasteiger partial charge < -0.3 is 14.0 Å². The molecule has 176 valence electrons. The van der Waals surface area contributed by atoms with Crippen LogP contribution in [0.15, 0.2) is 41.6 Å². The lowest BCUT2D eigenvalue weighted by molar-refractivity contribution is 0.289. The van der Waals surface area contributed by atoms with Gasteiger partial charge in [0.15, 0.2) is 0 Å². The molecule has 3 aromatic heterocycles. The first kappa shape index (κ1) is 22.7. The molecule has 1 aliphatic carbocycles. The zero-order chi connectivity index (χ0) is 24.0. The molecule has 1 aliphatic rings. The number of halogens is 2. The Bertz CT molecular complexity index is 1430. The van der Waals surface area contributed by atoms with Crippen molar-refractivity contribution in [1.82, 2.24) is 19.3 Å². The van der Waals surface area contributed by atoms with Crippen molar-refractivity contribution in [3.8, 4) is 33.9 Å². The summed E-state index contributed by atoms with van der Waals surface area (Å²) in [5.41, 5.74) is 2.99. The van der Waals surface area contributed by atoms with E-state index in [1.165, 1.54) is 20.6 Å². The molecule has 0 spiro atoms. The molecule has 4 aromatic rings. The van der Waals surface area contributed by atoms with Crippen LogP contribution in [0.25, 0.3) is 33.3 Å². The summed E-state index contributed by atoms with van der Waals surface area (Å²) in [5, 5.41) is 5.81. The lowest BCUT2D eigenvalue weighted by atomic mass is 9.93. The predicted molar refractivity (Wildman–Crippen MR) is 134 cm³/mol. The van der Waals surface area contributed by atoms with Crippen LogP contribution in [0.1, 0.15) is 32.2 Å². The summed E-state index contributed by atoms with van der Waals surface area (Å²) in [5.74, 6) is 0.745. The van der Waals surface area contributed by atoms with Gasteiger partial charge in [-0.1, -0.05) is 23.2 Å². The van der Waals surface area contributed by atoms with E-state index in [1.807, 2.05) is 30.1 Å². The Labute approximate surface area is 206 Å². The number of benzene rings is 1. The van der Waals surface area contributed by atoms with Gasteiger partial charge in [0.2, 0.25) is 0 Å². The molecule has 0 radical (unpaired) electrons. The van der Waals surface area contributed by atoms with Gasteiger partial charge >= 0.3 is 0 Å². The molecular formula is C25H24Cl2N4O3. The van der Waals surface area contributed by atoms with Crippen LogP contribution in [-0.4, -0.2) is 33.6 Å². The Morgan fingerprint density at radius 3 is 2.35 bits per heavy atom. The van der Waals surface area contributed by atoms with Crippen LogP contribution in [0.4, 0.5) is 0 Å². The van der Waals surface area contributed by atoms with E-state index < -0.39 is 0 Å². The third-order valence-corrected chi connectivity index (χ3v) is 7.23. The minimum Gasteiger partial charge on any atom is -0.495 e. The summed E-state index contributed by atoms with van der Waals surface area (Å²) in [6, 6.07) is 5.77. The fraction of sp³-hybridized carbons (Fsp3) is 0.320. The molecule has 1 saturated carbocycles. The Morgan fingerprint density at radius 1 is 1.06 bits per heavy atom. The van der Waals surface area contributed by atoms with E-state index in [1.54, 1.807) is 22.9 Å². The van der Waals surface area contributed by atoms with Gasteiger partial charge in [-0.2, -0.15) is 5.10 Å². The molecule has 9 heteroatoms. The molecular weight excluding hydrogens is 475 g/mol. The minimum absolute atomic E-state index is 0.212. The number of methoxy groups -OCH3 is 2. The first-order valence-electron chi connectivity index (χ1n) is 11.1. The lowest BCUT2D eigenvalue weighted by Crippen LogP contribution is -2.21. The molecule has 0 atom stereocenters. The van der Waals surface area contributed by atoms with Crippen molar-refractivity contribution in [1.29, 1.82) is 0 Å². The van der Waals surface area contributed by atoms with Gasteiger partial charge in [0.1, 0.15) is 11.5 Å². The van der Waals surface area contributed by atoms with E-state index in [9.17, 15) is 4.79 Å². The minimum atomic E-state index is -0.212. The third kappa shape index (κ3) is 3.63. The van der Waals surface area contributed by atoms with E-state index in [4.69, 9.17) is 32.7 Å². The zero-order valence-electron chi connectivity index (χ0n) is 19.1. The maximum Gasteiger partial charge on any atom is 0.259 e. The second-order valence-corrected chi connectivity index (χ2v) is 9.07. The van der Waals surface area contributed by atoms with Crippen LogP contribution < -0.4 is 15.0 Å². The van der Waals surface area contributed by atoms with Gasteiger partial charge in [-0.25, -0.2) is 0 Å². The number of ether oxygens (including phenoxy) is 2. The fourth-order valence-corrected chi connectivity index (χ4v) is 5.07. The Morgan fingerprint density at radius 2 is 1.76 bits per heavy atom. The second-order valence-electron chi connectivity index (χ2n) is 8.31. The summed E-state index contributed by atoms with van der Waals surface area (Å²) < 4.78 is 14.5. The van der Waals surface area contributed by atoms with Crippen LogP contribution >= 0.6 is 23.2 Å². The molecule has 1 aromatic carbocycles. The van der Waals surface area contributed by atoms with Crippen molar-refractivity contribution in [2.24, 2.45) is 0 Å². The first-order valence-corrected chi connectivity index (χ1v) is 11.9. The first-order chi connectivity index (χ1) is 16.5. The van der Waals surface area contributed by atoms with E-state index in [-0.39, 0.29) is 15.6 Å².